The van der Waals surface area contributed by atoms with Gasteiger partial charge in [-0.2, -0.15) is 0 Å². The normalized spacial score (nSPS) is 9.95. The third-order valence-corrected chi connectivity index (χ3v) is 2.74. The Morgan fingerprint density at radius 3 is 2.62 bits per heavy atom. The highest BCUT2D eigenvalue weighted by molar-refractivity contribution is 5.89. The number of nitro groups is 1. The van der Waals surface area contributed by atoms with E-state index in [0.29, 0.717) is 17.1 Å². The second kappa shape index (κ2) is 5.91. The van der Waals surface area contributed by atoms with Crippen molar-refractivity contribution in [3.63, 3.8) is 0 Å². The molecule has 108 valence electrons. The van der Waals surface area contributed by atoms with Crippen molar-refractivity contribution in [1.82, 2.24) is 0 Å². The fourth-order valence-electron chi connectivity index (χ4n) is 1.78. The Hall–Kier alpha value is -3.09. The molecule has 2 rings (SSSR count). The summed E-state index contributed by atoms with van der Waals surface area (Å²) in [4.78, 5) is 21.2. The van der Waals surface area contributed by atoms with Gasteiger partial charge in [-0.1, -0.05) is 6.07 Å². The second-order valence-corrected chi connectivity index (χ2v) is 4.19. The average Bonchev–Trinajstić information content (AvgIpc) is 2.47. The first-order valence-corrected chi connectivity index (χ1v) is 5.93. The van der Waals surface area contributed by atoms with Crippen molar-refractivity contribution in [2.75, 3.05) is 12.4 Å². The number of hydrogen-bond acceptors (Lipinski definition) is 5. The number of nitrogens with zero attached hydrogens (tertiary/aromatic N) is 1. The fourth-order valence-corrected chi connectivity index (χ4v) is 1.78. The zero-order valence-corrected chi connectivity index (χ0v) is 11.1. The van der Waals surface area contributed by atoms with Crippen LogP contribution in [0.15, 0.2) is 42.5 Å². The van der Waals surface area contributed by atoms with Crippen molar-refractivity contribution >= 4 is 23.0 Å². The minimum absolute atomic E-state index is 0.119. The smallest absolute Gasteiger partial charge is 0.335 e. The highest BCUT2D eigenvalue weighted by Gasteiger charge is 2.11. The van der Waals surface area contributed by atoms with E-state index in [1.807, 2.05) is 0 Å². The van der Waals surface area contributed by atoms with Gasteiger partial charge in [0.25, 0.3) is 5.69 Å². The summed E-state index contributed by atoms with van der Waals surface area (Å²) in [6.45, 7) is 0. The van der Waals surface area contributed by atoms with Gasteiger partial charge in [-0.25, -0.2) is 4.79 Å². The number of methoxy groups -OCH3 is 1. The Labute approximate surface area is 119 Å². The quantitative estimate of drug-likeness (QED) is 0.647. The highest BCUT2D eigenvalue weighted by Crippen LogP contribution is 2.28. The lowest BCUT2D eigenvalue weighted by atomic mass is 10.2. The molecule has 0 bridgehead atoms. The molecule has 0 saturated heterocycles. The van der Waals surface area contributed by atoms with E-state index in [1.165, 1.54) is 31.4 Å². The van der Waals surface area contributed by atoms with Crippen LogP contribution in [0, 0.1) is 10.1 Å². The molecule has 2 N–H and O–H groups in total. The lowest BCUT2D eigenvalue weighted by molar-refractivity contribution is -0.384. The molecule has 0 saturated carbocycles. The van der Waals surface area contributed by atoms with Gasteiger partial charge in [-0.05, 0) is 18.2 Å². The van der Waals surface area contributed by atoms with Crippen LogP contribution in [0.2, 0.25) is 0 Å². The zero-order chi connectivity index (χ0) is 15.4. The number of non-ortho nitro benzene ring substituents is 1. The summed E-state index contributed by atoms with van der Waals surface area (Å²) in [5.41, 5.74) is 0.949. The van der Waals surface area contributed by atoms with E-state index in [4.69, 9.17) is 9.84 Å². The molecule has 0 aliphatic carbocycles. The first-order valence-electron chi connectivity index (χ1n) is 5.93. The SMILES string of the molecule is COc1cc(Nc2cccc(C(=O)O)c2)cc([N+](=O)[O-])c1. The van der Waals surface area contributed by atoms with E-state index >= 15 is 0 Å². The van der Waals surface area contributed by atoms with Crippen LogP contribution in [-0.4, -0.2) is 23.1 Å². The fraction of sp³-hybridized carbons (Fsp3) is 0.0714. The largest absolute Gasteiger partial charge is 0.496 e. The number of carbonyl (C=O) groups is 1. The summed E-state index contributed by atoms with van der Waals surface area (Å²) >= 11 is 0. The first-order chi connectivity index (χ1) is 9.99. The van der Waals surface area contributed by atoms with Crippen molar-refractivity contribution in [2.24, 2.45) is 0 Å². The van der Waals surface area contributed by atoms with Crippen LogP contribution < -0.4 is 10.1 Å². The summed E-state index contributed by atoms with van der Waals surface area (Å²) in [6, 6.07) is 10.4. The van der Waals surface area contributed by atoms with Gasteiger partial charge in [0.15, 0.2) is 0 Å². The van der Waals surface area contributed by atoms with Crippen LogP contribution in [-0.2, 0) is 0 Å². The van der Waals surface area contributed by atoms with E-state index in [1.54, 1.807) is 18.2 Å². The summed E-state index contributed by atoms with van der Waals surface area (Å²) in [5, 5.41) is 22.7. The molecule has 21 heavy (non-hydrogen) atoms. The maximum atomic E-state index is 10.9. The monoisotopic (exact) mass is 288 g/mol. The minimum atomic E-state index is -1.05. The Kier molecular flexibility index (Phi) is 4.03. The van der Waals surface area contributed by atoms with Crippen LogP contribution in [0.1, 0.15) is 10.4 Å². The van der Waals surface area contributed by atoms with E-state index in [2.05, 4.69) is 5.32 Å². The van der Waals surface area contributed by atoms with Crippen molar-refractivity contribution in [1.29, 1.82) is 0 Å². The molecule has 2 aromatic carbocycles. The molecule has 7 nitrogen and oxygen atoms in total. The molecule has 0 amide bonds. The van der Waals surface area contributed by atoms with Crippen LogP contribution in [0.3, 0.4) is 0 Å². The van der Waals surface area contributed by atoms with Crippen molar-refractivity contribution < 1.29 is 19.6 Å². The summed E-state index contributed by atoms with van der Waals surface area (Å²) in [6.07, 6.45) is 0. The number of benzene rings is 2. The zero-order valence-electron chi connectivity index (χ0n) is 11.1. The Bertz CT molecular complexity index is 700. The van der Waals surface area contributed by atoms with Gasteiger partial charge >= 0.3 is 5.97 Å². The molecule has 0 aromatic heterocycles. The third kappa shape index (κ3) is 3.47. The predicted molar refractivity (Wildman–Crippen MR) is 76.3 cm³/mol. The number of rotatable bonds is 5. The molecule has 0 aliphatic rings. The van der Waals surface area contributed by atoms with Crippen LogP contribution in [0.25, 0.3) is 0 Å². The van der Waals surface area contributed by atoms with E-state index in [-0.39, 0.29) is 11.3 Å². The number of hydrogen-bond donors (Lipinski definition) is 2. The number of nitro benzene ring substituents is 1. The molecule has 0 radical (unpaired) electrons. The van der Waals surface area contributed by atoms with Crippen LogP contribution in [0.5, 0.6) is 5.75 Å². The summed E-state index contributed by atoms with van der Waals surface area (Å²) < 4.78 is 5.01. The summed E-state index contributed by atoms with van der Waals surface area (Å²) in [5.74, 6) is -0.712. The van der Waals surface area contributed by atoms with Gasteiger partial charge in [0.05, 0.1) is 23.7 Å². The maximum absolute atomic E-state index is 10.9. The minimum Gasteiger partial charge on any atom is -0.496 e. The van der Waals surface area contributed by atoms with E-state index < -0.39 is 10.9 Å². The van der Waals surface area contributed by atoms with Gasteiger partial charge in [-0.15, -0.1) is 0 Å². The molecule has 0 spiro atoms. The van der Waals surface area contributed by atoms with Crippen molar-refractivity contribution in [2.45, 2.75) is 0 Å². The van der Waals surface area contributed by atoms with E-state index in [0.717, 1.165) is 0 Å². The standard InChI is InChI=1S/C14H12N2O5/c1-21-13-7-11(6-12(8-13)16(19)20)15-10-4-2-3-9(5-10)14(17)18/h2-8,15H,1H3,(H,17,18). The molecular weight excluding hydrogens is 276 g/mol. The highest BCUT2D eigenvalue weighted by atomic mass is 16.6. The number of nitrogens with one attached hydrogen (secondary N) is 1. The Morgan fingerprint density at radius 1 is 1.24 bits per heavy atom. The van der Waals surface area contributed by atoms with E-state index in [9.17, 15) is 14.9 Å². The molecule has 0 atom stereocenters. The van der Waals surface area contributed by atoms with Crippen LogP contribution >= 0.6 is 0 Å². The lowest BCUT2D eigenvalue weighted by Gasteiger charge is -2.09. The molecule has 0 unspecified atom stereocenters. The Balaban J connectivity index is 2.34. The molecule has 7 heteroatoms. The first kappa shape index (κ1) is 14.3. The number of carboxylic acid groups (broad SMARTS) is 1. The molecule has 2 aromatic rings. The molecule has 0 heterocycles. The Morgan fingerprint density at radius 2 is 2.00 bits per heavy atom. The predicted octanol–water partition coefficient (Wildman–Crippen LogP) is 3.05. The van der Waals surface area contributed by atoms with Gasteiger partial charge in [-0.3, -0.25) is 10.1 Å². The molecule has 0 aliphatic heterocycles. The maximum Gasteiger partial charge on any atom is 0.335 e. The topological polar surface area (TPSA) is 102 Å². The summed E-state index contributed by atoms with van der Waals surface area (Å²) in [7, 11) is 1.41. The molecule has 0 fully saturated rings. The van der Waals surface area contributed by atoms with Gasteiger partial charge < -0.3 is 15.2 Å². The third-order valence-electron chi connectivity index (χ3n) is 2.74. The van der Waals surface area contributed by atoms with Crippen LogP contribution in [0.4, 0.5) is 17.1 Å². The molecular formula is C14H12N2O5. The van der Waals surface area contributed by atoms with Gasteiger partial charge in [0.2, 0.25) is 0 Å². The number of anilines is 2. The number of aromatic carboxylic acids is 1. The van der Waals surface area contributed by atoms with Gasteiger partial charge in [0.1, 0.15) is 5.75 Å². The van der Waals surface area contributed by atoms with Gasteiger partial charge in [0, 0.05) is 23.5 Å². The average molecular weight is 288 g/mol. The lowest BCUT2D eigenvalue weighted by Crippen LogP contribution is -1.98. The van der Waals surface area contributed by atoms with Crippen molar-refractivity contribution in [3.8, 4) is 5.75 Å². The number of ether oxygens (including phenoxy) is 1. The number of carboxylic acids is 1. The van der Waals surface area contributed by atoms with Crippen molar-refractivity contribution in [3.05, 3.63) is 58.1 Å². The second-order valence-electron chi connectivity index (χ2n) is 4.19.